The summed E-state index contributed by atoms with van der Waals surface area (Å²) < 4.78 is 10.9. The second-order valence-electron chi connectivity index (χ2n) is 6.27. The van der Waals surface area contributed by atoms with Crippen molar-refractivity contribution in [3.63, 3.8) is 0 Å². The van der Waals surface area contributed by atoms with Crippen molar-refractivity contribution in [1.82, 2.24) is 4.98 Å². The number of nitrogens with zero attached hydrogens (tertiary/aromatic N) is 2. The van der Waals surface area contributed by atoms with Crippen molar-refractivity contribution < 1.29 is 9.47 Å². The molecular formula is C22H21N3O2. The lowest BCUT2D eigenvalue weighted by molar-refractivity contribution is 0.356. The van der Waals surface area contributed by atoms with Gasteiger partial charge in [0.25, 0.3) is 0 Å². The number of nitrogens with two attached hydrogens (primary N) is 1. The molecule has 0 saturated heterocycles. The standard InChI is InChI=1S/C22H21N3O2/c1-13-8-9-15(10-14(13)2)19-11-17(18(12-23)22(24)25-19)16-6-5-7-20(26-3)21(16)27-4/h5-11H,1-4H3,(H2,24,25). The molecule has 2 aromatic carbocycles. The molecule has 5 heteroatoms. The van der Waals surface area contributed by atoms with E-state index in [0.29, 0.717) is 28.3 Å². The highest BCUT2D eigenvalue weighted by molar-refractivity contribution is 5.84. The van der Waals surface area contributed by atoms with Gasteiger partial charge in [0.2, 0.25) is 0 Å². The number of hydrogen-bond donors (Lipinski definition) is 1. The van der Waals surface area contributed by atoms with E-state index in [9.17, 15) is 5.26 Å². The van der Waals surface area contributed by atoms with Crippen LogP contribution in [0.1, 0.15) is 16.7 Å². The molecule has 0 unspecified atom stereocenters. The molecule has 3 aromatic rings. The van der Waals surface area contributed by atoms with Gasteiger partial charge in [-0.1, -0.05) is 24.3 Å². The van der Waals surface area contributed by atoms with E-state index >= 15 is 0 Å². The van der Waals surface area contributed by atoms with E-state index in [-0.39, 0.29) is 5.82 Å². The molecule has 0 aliphatic rings. The van der Waals surface area contributed by atoms with E-state index in [1.807, 2.05) is 36.4 Å². The Hall–Kier alpha value is -3.52. The summed E-state index contributed by atoms with van der Waals surface area (Å²) in [6, 6.07) is 15.7. The molecule has 0 atom stereocenters. The fourth-order valence-corrected chi connectivity index (χ4v) is 3.04. The zero-order valence-corrected chi connectivity index (χ0v) is 15.8. The first-order chi connectivity index (χ1) is 13.0. The van der Waals surface area contributed by atoms with Crippen LogP contribution in [0, 0.1) is 25.2 Å². The largest absolute Gasteiger partial charge is 0.493 e. The van der Waals surface area contributed by atoms with Gasteiger partial charge >= 0.3 is 0 Å². The lowest BCUT2D eigenvalue weighted by atomic mass is 9.96. The molecule has 0 saturated carbocycles. The number of pyridine rings is 1. The summed E-state index contributed by atoms with van der Waals surface area (Å²) in [5.74, 6) is 1.32. The van der Waals surface area contributed by atoms with Crippen LogP contribution in [0.4, 0.5) is 5.82 Å². The molecular weight excluding hydrogens is 338 g/mol. The fraction of sp³-hybridized carbons (Fsp3) is 0.182. The fourth-order valence-electron chi connectivity index (χ4n) is 3.04. The zero-order valence-electron chi connectivity index (χ0n) is 15.8. The van der Waals surface area contributed by atoms with Crippen LogP contribution in [0.15, 0.2) is 42.5 Å². The number of benzene rings is 2. The molecule has 1 aromatic heterocycles. The Kier molecular flexibility index (Phi) is 5.00. The van der Waals surface area contributed by atoms with Crippen molar-refractivity contribution in [2.45, 2.75) is 13.8 Å². The Morgan fingerprint density at radius 1 is 0.963 bits per heavy atom. The van der Waals surface area contributed by atoms with Gasteiger partial charge < -0.3 is 15.2 Å². The lowest BCUT2D eigenvalue weighted by Gasteiger charge is -2.15. The summed E-state index contributed by atoms with van der Waals surface area (Å²) >= 11 is 0. The Morgan fingerprint density at radius 2 is 1.74 bits per heavy atom. The molecule has 0 amide bonds. The van der Waals surface area contributed by atoms with Crippen LogP contribution < -0.4 is 15.2 Å². The van der Waals surface area contributed by atoms with Gasteiger partial charge in [0.1, 0.15) is 17.5 Å². The number of rotatable bonds is 4. The number of nitriles is 1. The van der Waals surface area contributed by atoms with Crippen molar-refractivity contribution in [3.05, 3.63) is 59.2 Å². The predicted molar refractivity (Wildman–Crippen MR) is 107 cm³/mol. The van der Waals surface area contributed by atoms with E-state index in [4.69, 9.17) is 15.2 Å². The number of methoxy groups -OCH3 is 2. The highest BCUT2D eigenvalue weighted by Gasteiger charge is 2.19. The Bertz CT molecular complexity index is 1050. The third-order valence-electron chi connectivity index (χ3n) is 4.66. The minimum absolute atomic E-state index is 0.188. The molecule has 3 rings (SSSR count). The van der Waals surface area contributed by atoms with Crippen molar-refractivity contribution in [1.29, 1.82) is 5.26 Å². The average Bonchev–Trinajstić information content (AvgIpc) is 2.68. The maximum absolute atomic E-state index is 9.65. The third kappa shape index (κ3) is 3.30. The molecule has 0 fully saturated rings. The van der Waals surface area contributed by atoms with Crippen LogP contribution in [-0.4, -0.2) is 19.2 Å². The second kappa shape index (κ2) is 7.38. The zero-order chi connectivity index (χ0) is 19.6. The smallest absolute Gasteiger partial charge is 0.168 e. The van der Waals surface area contributed by atoms with Crippen LogP contribution >= 0.6 is 0 Å². The summed E-state index contributed by atoms with van der Waals surface area (Å²) in [5.41, 5.74) is 11.8. The molecule has 136 valence electrons. The van der Waals surface area contributed by atoms with Crippen LogP contribution in [0.3, 0.4) is 0 Å². The number of ether oxygens (including phenoxy) is 2. The summed E-state index contributed by atoms with van der Waals surface area (Å²) in [6.45, 7) is 4.12. The normalized spacial score (nSPS) is 10.3. The lowest BCUT2D eigenvalue weighted by Crippen LogP contribution is -2.01. The first-order valence-electron chi connectivity index (χ1n) is 8.49. The van der Waals surface area contributed by atoms with Gasteiger partial charge in [0.05, 0.1) is 19.9 Å². The van der Waals surface area contributed by atoms with Gasteiger partial charge in [-0.15, -0.1) is 0 Å². The quantitative estimate of drug-likeness (QED) is 0.741. The number of hydrogen-bond acceptors (Lipinski definition) is 5. The van der Waals surface area contributed by atoms with Gasteiger partial charge in [0, 0.05) is 16.7 Å². The van der Waals surface area contributed by atoms with Crippen molar-refractivity contribution in [2.75, 3.05) is 20.0 Å². The minimum Gasteiger partial charge on any atom is -0.493 e. The van der Waals surface area contributed by atoms with Gasteiger partial charge in [0.15, 0.2) is 11.5 Å². The van der Waals surface area contributed by atoms with E-state index in [1.165, 1.54) is 5.56 Å². The maximum Gasteiger partial charge on any atom is 0.168 e. The second-order valence-corrected chi connectivity index (χ2v) is 6.27. The van der Waals surface area contributed by atoms with Crippen LogP contribution in [0.2, 0.25) is 0 Å². The SMILES string of the molecule is COc1cccc(-c2cc(-c3ccc(C)c(C)c3)nc(N)c2C#N)c1OC. The van der Waals surface area contributed by atoms with E-state index in [0.717, 1.165) is 16.7 Å². The third-order valence-corrected chi connectivity index (χ3v) is 4.66. The molecule has 5 nitrogen and oxygen atoms in total. The Labute approximate surface area is 159 Å². The van der Waals surface area contributed by atoms with Crippen molar-refractivity contribution in [3.8, 4) is 40.0 Å². The number of anilines is 1. The number of para-hydroxylation sites is 1. The van der Waals surface area contributed by atoms with Crippen LogP contribution in [0.5, 0.6) is 11.5 Å². The van der Waals surface area contributed by atoms with Gasteiger partial charge in [-0.2, -0.15) is 5.26 Å². The van der Waals surface area contributed by atoms with Crippen LogP contribution in [-0.2, 0) is 0 Å². The van der Waals surface area contributed by atoms with Gasteiger partial charge in [-0.3, -0.25) is 0 Å². The molecule has 0 aliphatic heterocycles. The predicted octanol–water partition coefficient (Wildman–Crippen LogP) is 4.50. The Morgan fingerprint density at radius 3 is 2.37 bits per heavy atom. The average molecular weight is 359 g/mol. The van der Waals surface area contributed by atoms with E-state index in [2.05, 4.69) is 31.0 Å². The Balaban J connectivity index is 2.29. The summed E-state index contributed by atoms with van der Waals surface area (Å²) in [7, 11) is 3.15. The molecule has 0 aliphatic carbocycles. The highest BCUT2D eigenvalue weighted by Crippen LogP contribution is 2.41. The summed E-state index contributed by atoms with van der Waals surface area (Å²) in [5, 5.41) is 9.65. The van der Waals surface area contributed by atoms with E-state index < -0.39 is 0 Å². The molecule has 27 heavy (non-hydrogen) atoms. The summed E-state index contributed by atoms with van der Waals surface area (Å²) in [4.78, 5) is 4.45. The van der Waals surface area contributed by atoms with Crippen molar-refractivity contribution in [2.24, 2.45) is 0 Å². The highest BCUT2D eigenvalue weighted by atomic mass is 16.5. The molecule has 0 radical (unpaired) electrons. The number of aromatic nitrogens is 1. The molecule has 0 bridgehead atoms. The number of aryl methyl sites for hydroxylation is 2. The summed E-state index contributed by atoms with van der Waals surface area (Å²) in [6.07, 6.45) is 0. The first-order valence-corrected chi connectivity index (χ1v) is 8.49. The molecule has 0 spiro atoms. The molecule has 2 N–H and O–H groups in total. The minimum atomic E-state index is 0.188. The topological polar surface area (TPSA) is 81.2 Å². The molecule has 1 heterocycles. The van der Waals surface area contributed by atoms with Crippen LogP contribution in [0.25, 0.3) is 22.4 Å². The first kappa shape index (κ1) is 18.3. The van der Waals surface area contributed by atoms with Crippen molar-refractivity contribution >= 4 is 5.82 Å². The number of nitrogen functional groups attached to an aromatic ring is 1. The van der Waals surface area contributed by atoms with Gasteiger partial charge in [-0.05, 0) is 43.2 Å². The van der Waals surface area contributed by atoms with Gasteiger partial charge in [-0.25, -0.2) is 4.98 Å². The monoisotopic (exact) mass is 359 g/mol. The maximum atomic E-state index is 9.65. The van der Waals surface area contributed by atoms with E-state index in [1.54, 1.807) is 14.2 Å².